The van der Waals surface area contributed by atoms with Gasteiger partial charge in [-0.15, -0.1) is 0 Å². The number of aromatic carboxylic acids is 1. The van der Waals surface area contributed by atoms with Crippen LogP contribution in [-0.4, -0.2) is 33.8 Å². The van der Waals surface area contributed by atoms with Crippen molar-refractivity contribution in [1.29, 1.82) is 0 Å². The van der Waals surface area contributed by atoms with E-state index in [2.05, 4.69) is 6.92 Å². The summed E-state index contributed by atoms with van der Waals surface area (Å²) in [5.74, 6) is 3.42. The molecule has 0 heterocycles. The second-order valence-electron chi connectivity index (χ2n) is 9.42. The van der Waals surface area contributed by atoms with E-state index in [1.54, 1.807) is 18.2 Å². The number of nitrogens with two attached hydrogens (primary N) is 1. The summed E-state index contributed by atoms with van der Waals surface area (Å²) in [5.41, 5.74) is 1.98. The zero-order valence-electron chi connectivity index (χ0n) is 22.8. The number of ether oxygens (including phenoxy) is 1. The standard InChI is InChI=1S/C23H38O4.C7H8N2O2/c1-2-3-4-5-6-7-8-9-10-11-12-13-14-15-18-27-20-16-17-22(24)21(19-20)23(25)26;8-9-7(11)5-3-1-2-4-6(5)10/h16-17,19,24H,2-15,18H2,1H3,(H,25,26);1-4,10H,8H2,(H,9,11). The summed E-state index contributed by atoms with van der Waals surface area (Å²) in [6.45, 7) is 2.85. The van der Waals surface area contributed by atoms with Crippen LogP contribution in [0.1, 0.15) is 118 Å². The van der Waals surface area contributed by atoms with Gasteiger partial charge in [-0.05, 0) is 36.8 Å². The lowest BCUT2D eigenvalue weighted by molar-refractivity contribution is 0.0692. The number of phenolic OH excluding ortho intramolecular Hbond substituents is 1. The van der Waals surface area contributed by atoms with Crippen LogP contribution < -0.4 is 16.0 Å². The minimum absolute atomic E-state index is 0.0737. The monoisotopic (exact) mass is 530 g/mol. The number of hydrogen-bond donors (Lipinski definition) is 5. The topological polar surface area (TPSA) is 142 Å². The van der Waals surface area contributed by atoms with Gasteiger partial charge in [-0.2, -0.15) is 0 Å². The maximum atomic E-state index is 11.0. The summed E-state index contributed by atoms with van der Waals surface area (Å²) >= 11 is 0. The number of para-hydroxylation sites is 1. The van der Waals surface area contributed by atoms with E-state index in [-0.39, 0.29) is 22.6 Å². The Labute approximate surface area is 227 Å². The summed E-state index contributed by atoms with van der Waals surface area (Å²) in [6, 6.07) is 10.5. The highest BCUT2D eigenvalue weighted by Crippen LogP contribution is 2.23. The maximum absolute atomic E-state index is 11.0. The van der Waals surface area contributed by atoms with Gasteiger partial charge in [-0.1, -0.05) is 103 Å². The zero-order valence-corrected chi connectivity index (χ0v) is 22.8. The van der Waals surface area contributed by atoms with Gasteiger partial charge in [0.2, 0.25) is 0 Å². The van der Waals surface area contributed by atoms with Gasteiger partial charge < -0.3 is 20.1 Å². The van der Waals surface area contributed by atoms with E-state index in [1.807, 2.05) is 5.43 Å². The molecule has 2 aromatic rings. The maximum Gasteiger partial charge on any atom is 0.339 e. The third-order valence-corrected chi connectivity index (χ3v) is 6.24. The number of aromatic hydroxyl groups is 2. The van der Waals surface area contributed by atoms with Crippen molar-refractivity contribution in [3.63, 3.8) is 0 Å². The van der Waals surface area contributed by atoms with Crippen molar-refractivity contribution in [1.82, 2.24) is 5.43 Å². The molecule has 2 aromatic carbocycles. The number of carboxylic acids is 1. The molecular weight excluding hydrogens is 484 g/mol. The van der Waals surface area contributed by atoms with Gasteiger partial charge in [-0.3, -0.25) is 10.2 Å². The number of phenols is 2. The molecule has 0 bridgehead atoms. The van der Waals surface area contributed by atoms with Crippen LogP contribution in [0.15, 0.2) is 42.5 Å². The highest BCUT2D eigenvalue weighted by molar-refractivity contribution is 5.96. The molecule has 0 saturated heterocycles. The van der Waals surface area contributed by atoms with Crippen LogP contribution in [0, 0.1) is 0 Å². The van der Waals surface area contributed by atoms with E-state index in [0.29, 0.717) is 12.4 Å². The average molecular weight is 531 g/mol. The first kappa shape index (κ1) is 32.8. The molecule has 0 radical (unpaired) electrons. The normalized spacial score (nSPS) is 10.4. The molecule has 2 rings (SSSR count). The van der Waals surface area contributed by atoms with Crippen LogP contribution in [0.5, 0.6) is 17.2 Å². The third kappa shape index (κ3) is 14.5. The van der Waals surface area contributed by atoms with E-state index in [9.17, 15) is 14.7 Å². The van der Waals surface area contributed by atoms with Gasteiger partial charge in [0, 0.05) is 0 Å². The van der Waals surface area contributed by atoms with Gasteiger partial charge in [0.25, 0.3) is 5.91 Å². The van der Waals surface area contributed by atoms with E-state index in [0.717, 1.165) is 12.8 Å². The molecule has 0 aliphatic rings. The number of carbonyl (C=O) groups excluding carboxylic acids is 1. The van der Waals surface area contributed by atoms with Gasteiger partial charge in [0.15, 0.2) is 0 Å². The predicted molar refractivity (Wildman–Crippen MR) is 151 cm³/mol. The van der Waals surface area contributed by atoms with E-state index in [4.69, 9.17) is 20.8 Å². The van der Waals surface area contributed by atoms with Crippen molar-refractivity contribution >= 4 is 11.9 Å². The Bertz CT molecular complexity index is 935. The number of carboxylic acid groups (broad SMARTS) is 1. The lowest BCUT2D eigenvalue weighted by atomic mass is 10.0. The quantitative estimate of drug-likeness (QED) is 0.0607. The predicted octanol–water partition coefficient (Wildman–Crippen LogP) is 6.95. The van der Waals surface area contributed by atoms with Crippen LogP contribution >= 0.6 is 0 Å². The minimum atomic E-state index is -1.14. The van der Waals surface area contributed by atoms with Gasteiger partial charge in [-0.25, -0.2) is 10.6 Å². The average Bonchev–Trinajstić information content (AvgIpc) is 2.91. The molecule has 0 aliphatic carbocycles. The first-order valence-corrected chi connectivity index (χ1v) is 13.9. The number of amides is 1. The van der Waals surface area contributed by atoms with Gasteiger partial charge in [0.05, 0.1) is 12.2 Å². The minimum Gasteiger partial charge on any atom is -0.507 e. The molecule has 0 aliphatic heterocycles. The molecule has 0 saturated carbocycles. The van der Waals surface area contributed by atoms with Crippen molar-refractivity contribution in [2.45, 2.75) is 96.8 Å². The van der Waals surface area contributed by atoms with Gasteiger partial charge >= 0.3 is 5.97 Å². The second kappa shape index (κ2) is 20.8. The molecule has 0 fully saturated rings. The molecular formula is C30H46N2O6. The fourth-order valence-electron chi connectivity index (χ4n) is 4.01. The molecule has 6 N–H and O–H groups in total. The molecule has 212 valence electrons. The summed E-state index contributed by atoms with van der Waals surface area (Å²) in [7, 11) is 0. The number of nitrogen functional groups attached to an aromatic ring is 1. The van der Waals surface area contributed by atoms with E-state index >= 15 is 0 Å². The van der Waals surface area contributed by atoms with E-state index < -0.39 is 11.9 Å². The zero-order chi connectivity index (χ0) is 28.0. The van der Waals surface area contributed by atoms with Crippen molar-refractivity contribution in [2.75, 3.05) is 6.61 Å². The fourth-order valence-corrected chi connectivity index (χ4v) is 4.01. The molecule has 0 aromatic heterocycles. The number of hydrazine groups is 1. The smallest absolute Gasteiger partial charge is 0.339 e. The van der Waals surface area contributed by atoms with E-state index in [1.165, 1.54) is 101 Å². The van der Waals surface area contributed by atoms with Crippen LogP contribution in [0.25, 0.3) is 0 Å². The number of carbonyl (C=O) groups is 2. The fraction of sp³-hybridized carbons (Fsp3) is 0.533. The first-order valence-electron chi connectivity index (χ1n) is 13.9. The Morgan fingerprint density at radius 3 is 1.74 bits per heavy atom. The second-order valence-corrected chi connectivity index (χ2v) is 9.42. The lowest BCUT2D eigenvalue weighted by Gasteiger charge is -2.08. The molecule has 0 unspecified atom stereocenters. The van der Waals surface area contributed by atoms with Crippen molar-refractivity contribution in [2.24, 2.45) is 5.84 Å². The molecule has 0 spiro atoms. The molecule has 8 nitrogen and oxygen atoms in total. The number of rotatable bonds is 18. The molecule has 8 heteroatoms. The summed E-state index contributed by atoms with van der Waals surface area (Å²) in [6.07, 6.45) is 18.5. The lowest BCUT2D eigenvalue weighted by Crippen LogP contribution is -2.29. The number of unbranched alkanes of at least 4 members (excludes halogenated alkanes) is 13. The molecule has 0 atom stereocenters. The van der Waals surface area contributed by atoms with Crippen molar-refractivity contribution < 1.29 is 29.6 Å². The Morgan fingerprint density at radius 1 is 0.737 bits per heavy atom. The largest absolute Gasteiger partial charge is 0.507 e. The summed E-state index contributed by atoms with van der Waals surface area (Å²) in [4.78, 5) is 21.8. The van der Waals surface area contributed by atoms with Crippen LogP contribution in [0.2, 0.25) is 0 Å². The Morgan fingerprint density at radius 2 is 1.24 bits per heavy atom. The highest BCUT2D eigenvalue weighted by Gasteiger charge is 2.10. The van der Waals surface area contributed by atoms with Gasteiger partial charge in [0.1, 0.15) is 22.8 Å². The summed E-state index contributed by atoms with van der Waals surface area (Å²) < 4.78 is 5.58. The Balaban J connectivity index is 0.000000544. The van der Waals surface area contributed by atoms with Crippen molar-refractivity contribution in [3.8, 4) is 17.2 Å². The number of nitrogens with one attached hydrogen (secondary N) is 1. The third-order valence-electron chi connectivity index (χ3n) is 6.24. The van der Waals surface area contributed by atoms with Crippen LogP contribution in [0.4, 0.5) is 0 Å². The molecule has 1 amide bonds. The van der Waals surface area contributed by atoms with Crippen LogP contribution in [-0.2, 0) is 0 Å². The highest BCUT2D eigenvalue weighted by atomic mass is 16.5. The molecule has 38 heavy (non-hydrogen) atoms. The van der Waals surface area contributed by atoms with Crippen LogP contribution in [0.3, 0.4) is 0 Å². The van der Waals surface area contributed by atoms with Crippen molar-refractivity contribution in [3.05, 3.63) is 53.6 Å². The SMILES string of the molecule is CCCCCCCCCCCCCCCCOc1ccc(O)c(C(=O)O)c1.NNC(=O)c1ccccc1O. The number of benzene rings is 2. The Hall–Kier alpha value is -3.26. The first-order chi connectivity index (χ1) is 18.4. The summed E-state index contributed by atoms with van der Waals surface area (Å²) in [5, 5.41) is 27.5. The Kier molecular flexibility index (Phi) is 17.9. The number of hydrogen-bond acceptors (Lipinski definition) is 6.